The van der Waals surface area contributed by atoms with Crippen molar-refractivity contribution in [2.75, 3.05) is 32.7 Å². The summed E-state index contributed by atoms with van der Waals surface area (Å²) in [6.07, 6.45) is -1.03. The minimum Gasteiger partial charge on any atom is -0.870 e. The third kappa shape index (κ3) is 35.0. The van der Waals surface area contributed by atoms with Gasteiger partial charge in [0.1, 0.15) is 19.4 Å². The number of amides is 4. The maximum Gasteiger partial charge on any atom is 1.00 e. The van der Waals surface area contributed by atoms with Crippen molar-refractivity contribution in [1.29, 1.82) is 0 Å². The molecule has 0 aromatic heterocycles. The van der Waals surface area contributed by atoms with Gasteiger partial charge >= 0.3 is 41.7 Å². The summed E-state index contributed by atoms with van der Waals surface area (Å²) >= 11 is 4.24. The smallest absolute Gasteiger partial charge is 0.870 e. The van der Waals surface area contributed by atoms with Gasteiger partial charge in [-0.05, 0) is 93.6 Å². The Balaban J connectivity index is -0.000000309. The Kier molecular flexibility index (Phi) is 30.9. The average Bonchev–Trinajstić information content (AvgIpc) is 2.96. The minimum absolute atomic E-state index is 0. The number of nitrogens with two attached hydrogens (primary N) is 2. The maximum atomic E-state index is 11.5. The number of Topliss-reactive ketones (excluding diaryl/α,β-unsaturated/α-hetero) is 1. The molecule has 3 rings (SSSR count). The summed E-state index contributed by atoms with van der Waals surface area (Å²) in [4.78, 5) is 53.5. The Morgan fingerprint density at radius 2 is 0.808 bits per heavy atom. The van der Waals surface area contributed by atoms with Gasteiger partial charge < -0.3 is 37.1 Å². The molecule has 0 heterocycles. The Morgan fingerprint density at radius 1 is 0.577 bits per heavy atom. The molecule has 0 radical (unpaired) electrons. The van der Waals surface area contributed by atoms with Gasteiger partial charge in [0.25, 0.3) is 5.78 Å². The van der Waals surface area contributed by atoms with Crippen LogP contribution in [0, 0.1) is 13.8 Å². The van der Waals surface area contributed by atoms with E-state index in [-0.39, 0.29) is 52.6 Å². The standard InChI is InChI=1S/C13H18N2O3.C11H14N2O2.C8H10N2O.C3H5O.I2.Na.H2O/c1-9(16)14-10-5-7-11(8-6-10)15-12(17)18-13(2,3)4;1-11(2,3)15-10(14)13-9-6-4-8(12)5-7-9;1-6(11)10-8-4-2-7(9)3-5-8;1-3(2)4;1-2;;/h5-8H,1-4H3,(H,14,16)(H,15,17);4-7H,1,12H2,2-3H3;2-5H,9H2,1H3,(H,10,11);1H2,2H3;;;1H2/q;;;+1;;+1;. The average molecular weight is 959 g/mol. The molecule has 0 bridgehead atoms. The number of nitrogen functional groups attached to an aromatic ring is 2. The number of nitrogens with one attached hydrogen (secondary N) is 4. The molecule has 0 saturated heterocycles. The van der Waals surface area contributed by atoms with Gasteiger partial charge in [-0.3, -0.25) is 20.2 Å². The van der Waals surface area contributed by atoms with Crippen LogP contribution in [-0.2, 0) is 23.9 Å². The molecule has 280 valence electrons. The Hall–Kier alpha value is -3.43. The number of halogens is 2. The first-order valence-corrected chi connectivity index (χ1v) is 21.0. The molecule has 0 fully saturated rings. The fourth-order valence-corrected chi connectivity index (χ4v) is 2.99. The van der Waals surface area contributed by atoms with Crippen molar-refractivity contribution in [1.82, 2.24) is 0 Å². The topological polar surface area (TPSA) is 234 Å². The van der Waals surface area contributed by atoms with Crippen LogP contribution in [0.5, 0.6) is 0 Å². The number of rotatable bonds is 5. The molecule has 3 aromatic carbocycles. The number of ether oxygens (including phenoxy) is 2. The molecular formula is C35H49I2N6NaO8+2. The molecule has 17 heteroatoms. The fourth-order valence-electron chi connectivity index (χ4n) is 2.99. The molecule has 9 N–H and O–H groups in total. The van der Waals surface area contributed by atoms with E-state index in [0.717, 1.165) is 5.69 Å². The van der Waals surface area contributed by atoms with Gasteiger partial charge in [-0.25, -0.2) is 14.4 Å². The van der Waals surface area contributed by atoms with E-state index < -0.39 is 23.4 Å². The molecule has 3 aromatic rings. The summed E-state index contributed by atoms with van der Waals surface area (Å²) in [5.41, 5.74) is 13.7. The summed E-state index contributed by atoms with van der Waals surface area (Å²) in [5, 5.41) is 10.5. The van der Waals surface area contributed by atoms with Crippen molar-refractivity contribution in [3.8, 4) is 0 Å². The Bertz CT molecular complexity index is 1480. The number of carbonyl (C=O) groups excluding carboxylic acids is 5. The van der Waals surface area contributed by atoms with Gasteiger partial charge in [0.05, 0.1) is 0 Å². The van der Waals surface area contributed by atoms with Gasteiger partial charge in [-0.15, -0.1) is 0 Å². The van der Waals surface area contributed by atoms with E-state index >= 15 is 0 Å². The third-order valence-electron chi connectivity index (χ3n) is 4.61. The monoisotopic (exact) mass is 958 g/mol. The third-order valence-corrected chi connectivity index (χ3v) is 4.61. The maximum absolute atomic E-state index is 11.5. The summed E-state index contributed by atoms with van der Waals surface area (Å²) in [5.74, 6) is -0.294. The molecule has 0 aliphatic heterocycles. The van der Waals surface area contributed by atoms with E-state index in [4.69, 9.17) is 20.9 Å². The van der Waals surface area contributed by atoms with Crippen LogP contribution in [0.4, 0.5) is 43.7 Å². The van der Waals surface area contributed by atoms with Crippen LogP contribution in [0.15, 0.2) is 72.8 Å². The van der Waals surface area contributed by atoms with Crippen molar-refractivity contribution >= 4 is 101 Å². The van der Waals surface area contributed by atoms with Crippen LogP contribution < -0.4 is 62.3 Å². The number of hydrogen-bond acceptors (Lipinski definition) is 10. The predicted molar refractivity (Wildman–Crippen MR) is 222 cm³/mol. The van der Waals surface area contributed by atoms with Crippen molar-refractivity contribution in [2.45, 2.75) is 66.6 Å². The van der Waals surface area contributed by atoms with E-state index in [1.54, 1.807) is 107 Å². The number of carbonyl (C=O) groups is 5. The van der Waals surface area contributed by atoms with Gasteiger partial charge in [0.15, 0.2) is 0 Å². The molecule has 4 amide bonds. The summed E-state index contributed by atoms with van der Waals surface area (Å²) in [7, 11) is 0. The minimum atomic E-state index is -0.738. The zero-order chi connectivity index (χ0) is 39.1. The molecule has 0 aliphatic carbocycles. The first kappa shape index (κ1) is 55.3. The zero-order valence-corrected chi connectivity index (χ0v) is 37.4. The molecule has 52 heavy (non-hydrogen) atoms. The van der Waals surface area contributed by atoms with Crippen LogP contribution in [-0.4, -0.2) is 46.5 Å². The van der Waals surface area contributed by atoms with Crippen LogP contribution in [0.2, 0.25) is 0 Å². The largest absolute Gasteiger partial charge is 1.00 e. The first-order chi connectivity index (χ1) is 23.0. The molecular weight excluding hydrogens is 909 g/mol. The van der Waals surface area contributed by atoms with E-state index in [1.165, 1.54) is 20.8 Å². The SMILES string of the molecule is CC(=O)Nc1ccc(N)cc1.CC(=O)Nc1ccc(NC(=O)OC(C)(C)C)cc1.II.[CH2+]C(C)(C)OC(=O)Nc1ccc(N)cc1.[CH2+]C(C)=O.[Na+].[OH-]. The molecule has 0 saturated carbocycles. The van der Waals surface area contributed by atoms with Crippen molar-refractivity contribution in [3.63, 3.8) is 0 Å². The van der Waals surface area contributed by atoms with Gasteiger partial charge in [0, 0.05) is 106 Å². The number of anilines is 6. The first-order valence-electron chi connectivity index (χ1n) is 14.7. The van der Waals surface area contributed by atoms with E-state index in [1.807, 2.05) is 0 Å². The Morgan fingerprint density at radius 3 is 1.04 bits per heavy atom. The second kappa shape index (κ2) is 29.1. The van der Waals surface area contributed by atoms with E-state index in [0.29, 0.717) is 28.4 Å². The van der Waals surface area contributed by atoms with Crippen LogP contribution >= 0.6 is 37.2 Å². The second-order valence-electron chi connectivity index (χ2n) is 11.8. The van der Waals surface area contributed by atoms with Crippen molar-refractivity contribution < 1.29 is 68.5 Å². The fraction of sp³-hybridized carbons (Fsp3) is 0.286. The number of benzene rings is 3. The van der Waals surface area contributed by atoms with Crippen LogP contribution in [0.1, 0.15) is 55.4 Å². The number of ketones is 1. The van der Waals surface area contributed by atoms with Gasteiger partial charge in [0.2, 0.25) is 17.4 Å². The van der Waals surface area contributed by atoms with E-state index in [9.17, 15) is 24.0 Å². The predicted octanol–water partition coefficient (Wildman–Crippen LogP) is 5.66. The van der Waals surface area contributed by atoms with Crippen molar-refractivity contribution in [3.05, 3.63) is 86.6 Å². The van der Waals surface area contributed by atoms with Crippen LogP contribution in [0.25, 0.3) is 0 Å². The Labute approximate surface area is 352 Å². The van der Waals surface area contributed by atoms with E-state index in [2.05, 4.69) is 72.3 Å². The molecule has 14 nitrogen and oxygen atoms in total. The van der Waals surface area contributed by atoms with Gasteiger partial charge in [-0.1, -0.05) is 0 Å². The quantitative estimate of drug-likeness (QED) is 0.0795. The molecule has 0 unspecified atom stereocenters. The van der Waals surface area contributed by atoms with Crippen molar-refractivity contribution in [2.24, 2.45) is 0 Å². The van der Waals surface area contributed by atoms with Gasteiger partial charge in [-0.2, -0.15) is 0 Å². The molecule has 0 atom stereocenters. The second-order valence-corrected chi connectivity index (χ2v) is 11.8. The normalized spacial score (nSPS) is 9.35. The zero-order valence-electron chi connectivity index (χ0n) is 31.1. The summed E-state index contributed by atoms with van der Waals surface area (Å²) in [6.45, 7) is 19.8. The van der Waals surface area contributed by atoms with Crippen LogP contribution in [0.3, 0.4) is 0 Å². The summed E-state index contributed by atoms with van der Waals surface area (Å²) in [6, 6.07) is 20.6. The number of hydrogen-bond donors (Lipinski definition) is 6. The molecule has 0 aliphatic rings. The summed E-state index contributed by atoms with van der Waals surface area (Å²) < 4.78 is 10.1. The molecule has 0 spiro atoms.